The van der Waals surface area contributed by atoms with Crippen molar-refractivity contribution in [1.29, 1.82) is 0 Å². The van der Waals surface area contributed by atoms with Crippen LogP contribution in [0.2, 0.25) is 0 Å². The summed E-state index contributed by atoms with van der Waals surface area (Å²) in [5, 5.41) is 3.62. The molecule has 1 saturated carbocycles. The normalized spacial score (nSPS) is 16.2. The van der Waals surface area contributed by atoms with Crippen LogP contribution in [0.1, 0.15) is 44.6 Å². The van der Waals surface area contributed by atoms with Crippen LogP contribution < -0.4 is 5.32 Å². The zero-order valence-corrected chi connectivity index (χ0v) is 12.2. The van der Waals surface area contributed by atoms with Crippen molar-refractivity contribution in [3.05, 3.63) is 42.2 Å². The van der Waals surface area contributed by atoms with Gasteiger partial charge < -0.3 is 5.32 Å². The Morgan fingerprint density at radius 1 is 1.25 bits per heavy atom. The fraction of sp³-hybridized carbons (Fsp3) is 0.471. The third-order valence-corrected chi connectivity index (χ3v) is 4.18. The molecule has 0 bridgehead atoms. The molecule has 0 saturated heterocycles. The van der Waals surface area contributed by atoms with E-state index in [1.54, 1.807) is 0 Å². The molecular weight excluding hydrogens is 246 g/mol. The van der Waals surface area contributed by atoms with Gasteiger partial charge in [-0.2, -0.15) is 0 Å². The average Bonchev–Trinajstić information content (AvgIpc) is 2.96. The van der Waals surface area contributed by atoms with Crippen LogP contribution in [0.25, 0.3) is 5.69 Å². The standard InChI is InChI=1S/C17H23N3/c1-2-14-7-6-10-16(13-14)20-12-11-18-17(20)19-15-8-4-3-5-9-15/h6-7,10-13,15H,2-5,8-9H2,1H3,(H,18,19). The molecule has 20 heavy (non-hydrogen) atoms. The lowest BCUT2D eigenvalue weighted by Gasteiger charge is -2.23. The molecule has 0 radical (unpaired) electrons. The average molecular weight is 269 g/mol. The fourth-order valence-corrected chi connectivity index (χ4v) is 2.97. The van der Waals surface area contributed by atoms with Crippen LogP contribution in [0.4, 0.5) is 5.95 Å². The van der Waals surface area contributed by atoms with Gasteiger partial charge in [0.25, 0.3) is 0 Å². The predicted octanol–water partition coefficient (Wildman–Crippen LogP) is 4.18. The lowest BCUT2D eigenvalue weighted by Crippen LogP contribution is -2.24. The summed E-state index contributed by atoms with van der Waals surface area (Å²) in [5.74, 6) is 0.977. The molecule has 1 fully saturated rings. The maximum absolute atomic E-state index is 4.49. The van der Waals surface area contributed by atoms with Crippen molar-refractivity contribution in [2.24, 2.45) is 0 Å². The summed E-state index contributed by atoms with van der Waals surface area (Å²) >= 11 is 0. The third kappa shape index (κ3) is 2.87. The molecule has 1 aromatic heterocycles. The van der Waals surface area contributed by atoms with Gasteiger partial charge in [0.2, 0.25) is 5.95 Å². The van der Waals surface area contributed by atoms with E-state index < -0.39 is 0 Å². The number of anilines is 1. The van der Waals surface area contributed by atoms with Gasteiger partial charge in [-0.1, -0.05) is 38.3 Å². The molecule has 106 valence electrons. The second-order valence-electron chi connectivity index (χ2n) is 5.62. The summed E-state index contributed by atoms with van der Waals surface area (Å²) < 4.78 is 2.16. The van der Waals surface area contributed by atoms with E-state index in [2.05, 4.69) is 46.1 Å². The summed E-state index contributed by atoms with van der Waals surface area (Å²) in [5.41, 5.74) is 2.56. The number of benzene rings is 1. The van der Waals surface area contributed by atoms with Crippen LogP contribution in [-0.4, -0.2) is 15.6 Å². The number of nitrogens with zero attached hydrogens (tertiary/aromatic N) is 2. The summed E-state index contributed by atoms with van der Waals surface area (Å²) in [7, 11) is 0. The fourth-order valence-electron chi connectivity index (χ4n) is 2.97. The highest BCUT2D eigenvalue weighted by molar-refractivity contribution is 5.44. The Morgan fingerprint density at radius 3 is 2.90 bits per heavy atom. The molecule has 3 rings (SSSR count). The van der Waals surface area contributed by atoms with Gasteiger partial charge in [0.1, 0.15) is 0 Å². The van der Waals surface area contributed by atoms with Crippen LogP contribution in [0, 0.1) is 0 Å². The molecule has 3 nitrogen and oxygen atoms in total. The predicted molar refractivity (Wildman–Crippen MR) is 83.4 cm³/mol. The van der Waals surface area contributed by atoms with Crippen LogP contribution >= 0.6 is 0 Å². The Kier molecular flexibility index (Phi) is 4.05. The first-order valence-electron chi connectivity index (χ1n) is 7.76. The van der Waals surface area contributed by atoms with Crippen LogP contribution in [0.5, 0.6) is 0 Å². The van der Waals surface area contributed by atoms with E-state index in [4.69, 9.17) is 0 Å². The van der Waals surface area contributed by atoms with E-state index in [-0.39, 0.29) is 0 Å². The first-order valence-corrected chi connectivity index (χ1v) is 7.76. The Hall–Kier alpha value is -1.77. The van der Waals surface area contributed by atoms with Gasteiger partial charge in [-0.05, 0) is 37.0 Å². The molecule has 2 aromatic rings. The number of hydrogen-bond acceptors (Lipinski definition) is 2. The molecular formula is C17H23N3. The van der Waals surface area contributed by atoms with Crippen molar-refractivity contribution in [2.45, 2.75) is 51.5 Å². The number of imidazole rings is 1. The molecule has 1 aliphatic carbocycles. The third-order valence-electron chi connectivity index (χ3n) is 4.18. The first kappa shape index (κ1) is 13.2. The molecule has 0 aliphatic heterocycles. The first-order chi connectivity index (χ1) is 9.86. The topological polar surface area (TPSA) is 29.9 Å². The Labute approximate surface area is 121 Å². The van der Waals surface area contributed by atoms with Crippen LogP contribution in [0.15, 0.2) is 36.7 Å². The van der Waals surface area contributed by atoms with Crippen molar-refractivity contribution >= 4 is 5.95 Å². The maximum Gasteiger partial charge on any atom is 0.207 e. The van der Waals surface area contributed by atoms with E-state index in [0.29, 0.717) is 6.04 Å². The molecule has 0 amide bonds. The molecule has 1 aliphatic rings. The highest BCUT2D eigenvalue weighted by atomic mass is 15.2. The van der Waals surface area contributed by atoms with Crippen molar-refractivity contribution in [3.63, 3.8) is 0 Å². The van der Waals surface area contributed by atoms with E-state index in [1.807, 2.05) is 12.4 Å². The molecule has 0 unspecified atom stereocenters. The van der Waals surface area contributed by atoms with Gasteiger partial charge in [0.15, 0.2) is 0 Å². The van der Waals surface area contributed by atoms with Gasteiger partial charge in [-0.15, -0.1) is 0 Å². The summed E-state index contributed by atoms with van der Waals surface area (Å²) in [6, 6.07) is 9.27. The molecule has 3 heteroatoms. The second-order valence-corrected chi connectivity index (χ2v) is 5.62. The molecule has 1 aromatic carbocycles. The zero-order chi connectivity index (χ0) is 13.8. The molecule has 0 spiro atoms. The quantitative estimate of drug-likeness (QED) is 0.902. The zero-order valence-electron chi connectivity index (χ0n) is 12.2. The summed E-state index contributed by atoms with van der Waals surface area (Å²) in [4.78, 5) is 4.49. The van der Waals surface area contributed by atoms with Gasteiger partial charge >= 0.3 is 0 Å². The molecule has 0 atom stereocenters. The van der Waals surface area contributed by atoms with Gasteiger partial charge in [-0.25, -0.2) is 4.98 Å². The Morgan fingerprint density at radius 2 is 2.10 bits per heavy atom. The van der Waals surface area contributed by atoms with E-state index in [9.17, 15) is 0 Å². The summed E-state index contributed by atoms with van der Waals surface area (Å²) in [6.45, 7) is 2.19. The van der Waals surface area contributed by atoms with Crippen molar-refractivity contribution in [1.82, 2.24) is 9.55 Å². The van der Waals surface area contributed by atoms with Crippen LogP contribution in [-0.2, 0) is 6.42 Å². The number of rotatable bonds is 4. The number of nitrogens with one attached hydrogen (secondary N) is 1. The lowest BCUT2D eigenvalue weighted by atomic mass is 9.96. The monoisotopic (exact) mass is 269 g/mol. The van der Waals surface area contributed by atoms with Gasteiger partial charge in [0, 0.05) is 24.1 Å². The SMILES string of the molecule is CCc1cccc(-n2ccnc2NC2CCCCC2)c1. The number of aryl methyl sites for hydroxylation is 1. The van der Waals surface area contributed by atoms with Gasteiger partial charge in [0.05, 0.1) is 0 Å². The minimum atomic E-state index is 0.583. The van der Waals surface area contributed by atoms with E-state index >= 15 is 0 Å². The van der Waals surface area contributed by atoms with Crippen molar-refractivity contribution < 1.29 is 0 Å². The maximum atomic E-state index is 4.49. The van der Waals surface area contributed by atoms with Crippen molar-refractivity contribution in [2.75, 3.05) is 5.32 Å². The molecule has 1 heterocycles. The van der Waals surface area contributed by atoms with Crippen LogP contribution in [0.3, 0.4) is 0 Å². The van der Waals surface area contributed by atoms with Crippen molar-refractivity contribution in [3.8, 4) is 5.69 Å². The number of aromatic nitrogens is 2. The smallest absolute Gasteiger partial charge is 0.207 e. The number of hydrogen-bond donors (Lipinski definition) is 1. The molecule has 1 N–H and O–H groups in total. The highest BCUT2D eigenvalue weighted by Gasteiger charge is 2.15. The van der Waals surface area contributed by atoms with Gasteiger partial charge in [-0.3, -0.25) is 4.57 Å². The largest absolute Gasteiger partial charge is 0.353 e. The summed E-state index contributed by atoms with van der Waals surface area (Å²) in [6.07, 6.45) is 11.6. The van der Waals surface area contributed by atoms with E-state index in [1.165, 1.54) is 43.4 Å². The minimum Gasteiger partial charge on any atom is -0.353 e. The van der Waals surface area contributed by atoms with E-state index in [0.717, 1.165) is 12.4 Å². The minimum absolute atomic E-state index is 0.583. The highest BCUT2D eigenvalue weighted by Crippen LogP contribution is 2.23. The Balaban J connectivity index is 1.81. The lowest BCUT2D eigenvalue weighted by molar-refractivity contribution is 0.460. The second kappa shape index (κ2) is 6.12. The Bertz CT molecular complexity index is 553.